The lowest BCUT2D eigenvalue weighted by Gasteiger charge is -2.18. The molecule has 0 radical (unpaired) electrons. The summed E-state index contributed by atoms with van der Waals surface area (Å²) in [5.74, 6) is 5.91. The predicted molar refractivity (Wildman–Crippen MR) is 71.2 cm³/mol. The highest BCUT2D eigenvalue weighted by Crippen LogP contribution is 2.33. The molecule has 0 saturated heterocycles. The molecule has 0 amide bonds. The van der Waals surface area contributed by atoms with Crippen molar-refractivity contribution in [3.8, 4) is 5.75 Å². The first-order valence-electron chi connectivity index (χ1n) is 5.51. The number of ether oxygens (including phenoxy) is 1. The summed E-state index contributed by atoms with van der Waals surface area (Å²) in [6.07, 6.45) is 0. The Labute approximate surface area is 109 Å². The molecule has 1 aromatic carbocycles. The fraction of sp³-hybridized carbons (Fsp3) is 0.231. The Bertz CT molecular complexity index is 542. The third kappa shape index (κ3) is 2.53. The number of halogens is 1. The lowest BCUT2D eigenvalue weighted by molar-refractivity contribution is 0.403. The molecule has 3 N–H and O–H groups in total. The van der Waals surface area contributed by atoms with Crippen LogP contribution >= 0.6 is 11.3 Å². The lowest BCUT2D eigenvalue weighted by Crippen LogP contribution is -2.28. The fourth-order valence-electron chi connectivity index (χ4n) is 1.86. The van der Waals surface area contributed by atoms with Crippen molar-refractivity contribution in [2.75, 3.05) is 7.11 Å². The number of aryl methyl sites for hydroxylation is 1. The SMILES string of the molecule is COc1ccc(F)cc1C(NN)c1ccc(C)s1. The normalized spacial score (nSPS) is 12.4. The molecule has 0 aliphatic heterocycles. The van der Waals surface area contributed by atoms with Gasteiger partial charge in [0.15, 0.2) is 0 Å². The molecule has 0 spiro atoms. The van der Waals surface area contributed by atoms with Gasteiger partial charge in [-0.05, 0) is 37.3 Å². The Morgan fingerprint density at radius 2 is 2.11 bits per heavy atom. The van der Waals surface area contributed by atoms with Crippen molar-refractivity contribution in [1.82, 2.24) is 5.43 Å². The van der Waals surface area contributed by atoms with Crippen LogP contribution in [0.2, 0.25) is 0 Å². The number of methoxy groups -OCH3 is 1. The average molecular weight is 266 g/mol. The molecule has 5 heteroatoms. The van der Waals surface area contributed by atoms with E-state index in [9.17, 15) is 4.39 Å². The number of hydrogen-bond acceptors (Lipinski definition) is 4. The van der Waals surface area contributed by atoms with E-state index < -0.39 is 0 Å². The molecule has 0 aliphatic rings. The highest BCUT2D eigenvalue weighted by Gasteiger charge is 2.19. The predicted octanol–water partition coefficient (Wildman–Crippen LogP) is 2.76. The van der Waals surface area contributed by atoms with Gasteiger partial charge in [0.2, 0.25) is 0 Å². The van der Waals surface area contributed by atoms with E-state index in [1.165, 1.54) is 17.0 Å². The van der Waals surface area contributed by atoms with Crippen LogP contribution < -0.4 is 16.0 Å². The van der Waals surface area contributed by atoms with E-state index in [0.717, 1.165) is 4.88 Å². The molecule has 2 rings (SSSR count). The molecule has 1 heterocycles. The van der Waals surface area contributed by atoms with E-state index in [2.05, 4.69) is 5.43 Å². The van der Waals surface area contributed by atoms with Gasteiger partial charge < -0.3 is 4.74 Å². The maximum atomic E-state index is 13.4. The molecule has 1 unspecified atom stereocenters. The molecule has 1 aromatic heterocycles. The second-order valence-electron chi connectivity index (χ2n) is 3.93. The van der Waals surface area contributed by atoms with Gasteiger partial charge in [0.25, 0.3) is 0 Å². The second kappa shape index (κ2) is 5.48. The van der Waals surface area contributed by atoms with Crippen molar-refractivity contribution >= 4 is 11.3 Å². The molecule has 1 atom stereocenters. The van der Waals surface area contributed by atoms with Crippen LogP contribution in [0.15, 0.2) is 30.3 Å². The smallest absolute Gasteiger partial charge is 0.124 e. The van der Waals surface area contributed by atoms with E-state index in [1.54, 1.807) is 24.5 Å². The first-order valence-corrected chi connectivity index (χ1v) is 6.33. The van der Waals surface area contributed by atoms with Gasteiger partial charge in [0.05, 0.1) is 13.2 Å². The maximum absolute atomic E-state index is 13.4. The number of rotatable bonds is 4. The van der Waals surface area contributed by atoms with Crippen molar-refractivity contribution < 1.29 is 9.13 Å². The van der Waals surface area contributed by atoms with Gasteiger partial charge in [-0.2, -0.15) is 0 Å². The minimum Gasteiger partial charge on any atom is -0.496 e. The number of nitrogens with two attached hydrogens (primary N) is 1. The molecule has 0 aliphatic carbocycles. The fourth-order valence-corrected chi connectivity index (χ4v) is 2.82. The van der Waals surface area contributed by atoms with Crippen molar-refractivity contribution in [2.24, 2.45) is 5.84 Å². The Hall–Kier alpha value is -1.43. The minimum absolute atomic E-state index is 0.269. The van der Waals surface area contributed by atoms with Crippen molar-refractivity contribution in [1.29, 1.82) is 0 Å². The van der Waals surface area contributed by atoms with Crippen molar-refractivity contribution in [3.63, 3.8) is 0 Å². The van der Waals surface area contributed by atoms with Gasteiger partial charge >= 0.3 is 0 Å². The molecule has 0 saturated carbocycles. The Morgan fingerprint density at radius 1 is 1.33 bits per heavy atom. The van der Waals surface area contributed by atoms with Crippen LogP contribution in [0, 0.1) is 12.7 Å². The van der Waals surface area contributed by atoms with Crippen LogP contribution in [0.25, 0.3) is 0 Å². The summed E-state index contributed by atoms with van der Waals surface area (Å²) in [4.78, 5) is 2.21. The number of hydrazine groups is 1. The third-order valence-corrected chi connectivity index (χ3v) is 3.78. The van der Waals surface area contributed by atoms with Crippen molar-refractivity contribution in [3.05, 3.63) is 51.5 Å². The molecule has 3 nitrogen and oxygen atoms in total. The lowest BCUT2D eigenvalue weighted by atomic mass is 10.0. The second-order valence-corrected chi connectivity index (χ2v) is 5.25. The van der Waals surface area contributed by atoms with Crippen LogP contribution in [0.1, 0.15) is 21.4 Å². The van der Waals surface area contributed by atoms with Gasteiger partial charge in [0.1, 0.15) is 11.6 Å². The number of nitrogens with one attached hydrogen (secondary N) is 1. The Balaban J connectivity index is 2.47. The van der Waals surface area contributed by atoms with Crippen LogP contribution in [-0.2, 0) is 0 Å². The van der Waals surface area contributed by atoms with Crippen molar-refractivity contribution in [2.45, 2.75) is 13.0 Å². The number of hydrogen-bond donors (Lipinski definition) is 2. The minimum atomic E-state index is -0.306. The number of thiophene rings is 1. The highest BCUT2D eigenvalue weighted by atomic mass is 32.1. The van der Waals surface area contributed by atoms with Gasteiger partial charge in [-0.15, -0.1) is 11.3 Å². The van der Waals surface area contributed by atoms with E-state index in [0.29, 0.717) is 11.3 Å². The zero-order valence-corrected chi connectivity index (χ0v) is 11.1. The quantitative estimate of drug-likeness (QED) is 0.661. The largest absolute Gasteiger partial charge is 0.496 e. The Kier molecular flexibility index (Phi) is 3.96. The summed E-state index contributed by atoms with van der Waals surface area (Å²) in [5, 5.41) is 0. The van der Waals surface area contributed by atoms with Crippen LogP contribution in [-0.4, -0.2) is 7.11 Å². The zero-order chi connectivity index (χ0) is 13.1. The van der Waals surface area contributed by atoms with Crippen LogP contribution in [0.4, 0.5) is 4.39 Å². The highest BCUT2D eigenvalue weighted by molar-refractivity contribution is 7.12. The first-order chi connectivity index (χ1) is 8.65. The van der Waals surface area contributed by atoms with Crippen LogP contribution in [0.3, 0.4) is 0 Å². The number of benzene rings is 1. The topological polar surface area (TPSA) is 47.3 Å². The molecule has 96 valence electrons. The van der Waals surface area contributed by atoms with E-state index >= 15 is 0 Å². The summed E-state index contributed by atoms with van der Waals surface area (Å²) in [7, 11) is 1.56. The van der Waals surface area contributed by atoms with E-state index in [1.807, 2.05) is 19.1 Å². The zero-order valence-electron chi connectivity index (χ0n) is 10.2. The van der Waals surface area contributed by atoms with Gasteiger partial charge in [-0.25, -0.2) is 9.82 Å². The van der Waals surface area contributed by atoms with E-state index in [4.69, 9.17) is 10.6 Å². The summed E-state index contributed by atoms with van der Waals surface area (Å²) < 4.78 is 18.6. The summed E-state index contributed by atoms with van der Waals surface area (Å²) in [6, 6.07) is 8.14. The standard InChI is InChI=1S/C13H15FN2OS/c1-8-3-6-12(18-8)13(16-15)10-7-9(14)4-5-11(10)17-2/h3-7,13,16H,15H2,1-2H3. The molecule has 0 bridgehead atoms. The summed E-state index contributed by atoms with van der Waals surface area (Å²) >= 11 is 1.62. The Morgan fingerprint density at radius 3 is 2.67 bits per heavy atom. The van der Waals surface area contributed by atoms with Gasteiger partial charge in [0, 0.05) is 15.3 Å². The third-order valence-electron chi connectivity index (χ3n) is 2.72. The van der Waals surface area contributed by atoms with E-state index in [-0.39, 0.29) is 11.9 Å². The molecule has 0 fully saturated rings. The van der Waals surface area contributed by atoms with Gasteiger partial charge in [-0.1, -0.05) is 0 Å². The first kappa shape index (κ1) is 13.0. The molecule has 2 aromatic rings. The molecular formula is C13H15FN2OS. The average Bonchev–Trinajstić information content (AvgIpc) is 2.77. The van der Waals surface area contributed by atoms with Crippen LogP contribution in [0.5, 0.6) is 5.75 Å². The summed E-state index contributed by atoms with van der Waals surface area (Å²) in [5.41, 5.74) is 3.41. The van der Waals surface area contributed by atoms with Gasteiger partial charge in [-0.3, -0.25) is 5.84 Å². The maximum Gasteiger partial charge on any atom is 0.124 e. The molecular weight excluding hydrogens is 251 g/mol. The summed E-state index contributed by atoms with van der Waals surface area (Å²) in [6.45, 7) is 2.02. The monoisotopic (exact) mass is 266 g/mol. The molecule has 18 heavy (non-hydrogen) atoms.